The first-order valence-electron chi connectivity index (χ1n) is 4.90. The topological polar surface area (TPSA) is 27.7 Å². The second kappa shape index (κ2) is 9.85. The zero-order valence-corrected chi connectivity index (χ0v) is 10.3. The highest BCUT2D eigenvalue weighted by Gasteiger charge is 2.36. The summed E-state index contributed by atoms with van der Waals surface area (Å²) < 4.78 is 15.9. The van der Waals surface area contributed by atoms with Gasteiger partial charge in [0.2, 0.25) is 0 Å². The molecule has 88 valence electrons. The maximum atomic E-state index is 5.31. The summed E-state index contributed by atoms with van der Waals surface area (Å²) in [5.41, 5.74) is 0. The lowest BCUT2D eigenvalue weighted by molar-refractivity contribution is 0.122. The maximum Gasteiger partial charge on any atom is 0.500 e. The van der Waals surface area contributed by atoms with E-state index in [1.54, 1.807) is 21.3 Å². The lowest BCUT2D eigenvalue weighted by Crippen LogP contribution is -2.42. The smallest absolute Gasteiger partial charge is 0.377 e. The third kappa shape index (κ3) is 5.92. The highest BCUT2D eigenvalue weighted by atomic mass is 28.4. The quantitative estimate of drug-likeness (QED) is 0.466. The van der Waals surface area contributed by atoms with Gasteiger partial charge in [0.05, 0.1) is 0 Å². The summed E-state index contributed by atoms with van der Waals surface area (Å²) in [5.74, 6) is 0. The molecule has 0 rings (SSSR count). The number of rotatable bonds is 8. The average molecular weight is 238 g/mol. The van der Waals surface area contributed by atoms with E-state index < -0.39 is 8.80 Å². The molecule has 0 unspecified atom stereocenters. The summed E-state index contributed by atoms with van der Waals surface area (Å²) in [5, 5.41) is 0. The molecule has 0 N–H and O–H groups in total. The number of hydrogen-bond acceptors (Lipinski definition) is 3. The monoisotopic (exact) mass is 238 g/mol. The van der Waals surface area contributed by atoms with E-state index in [0.717, 1.165) is 12.5 Å². The molecule has 0 atom stereocenters. The summed E-state index contributed by atoms with van der Waals surface area (Å²) in [6, 6.07) is 0.927. The molecule has 0 aliphatic heterocycles. The first-order valence-corrected chi connectivity index (χ1v) is 6.83. The van der Waals surface area contributed by atoms with Crippen molar-refractivity contribution in [2.45, 2.75) is 38.7 Å². The third-order valence-corrected chi connectivity index (χ3v) is 5.10. The second-order valence-electron chi connectivity index (χ2n) is 3.11. The fourth-order valence-corrected chi connectivity index (χ4v) is 3.12. The Morgan fingerprint density at radius 1 is 0.857 bits per heavy atom. The molecule has 0 spiro atoms. The fraction of sp³-hybridized carbons (Fsp3) is 1.00. The van der Waals surface area contributed by atoms with Crippen LogP contribution in [0.4, 0.5) is 0 Å². The Balaban J connectivity index is 0. The van der Waals surface area contributed by atoms with Crippen LogP contribution in [0.15, 0.2) is 0 Å². The SMILES string of the molecule is CCCCCC[Si](OC)(OC)OC.[SiH4]. The molecule has 0 radical (unpaired) electrons. The molecule has 14 heavy (non-hydrogen) atoms. The molecule has 0 saturated carbocycles. The normalized spacial score (nSPS) is 11.1. The highest BCUT2D eigenvalue weighted by Crippen LogP contribution is 2.17. The van der Waals surface area contributed by atoms with E-state index in [2.05, 4.69) is 6.92 Å². The summed E-state index contributed by atoms with van der Waals surface area (Å²) in [6.07, 6.45) is 4.90. The van der Waals surface area contributed by atoms with Crippen LogP contribution in [0.25, 0.3) is 0 Å². The van der Waals surface area contributed by atoms with Crippen LogP contribution in [-0.2, 0) is 13.3 Å². The molecule has 0 bridgehead atoms. The van der Waals surface area contributed by atoms with Gasteiger partial charge in [-0.15, -0.1) is 0 Å². The molecule has 0 aliphatic carbocycles. The molecule has 0 heterocycles. The molecule has 0 aromatic heterocycles. The van der Waals surface area contributed by atoms with Crippen LogP contribution in [0.3, 0.4) is 0 Å². The van der Waals surface area contributed by atoms with Crippen molar-refractivity contribution in [3.63, 3.8) is 0 Å². The summed E-state index contributed by atoms with van der Waals surface area (Å²) in [7, 11) is 2.73. The van der Waals surface area contributed by atoms with Gasteiger partial charge in [-0.2, -0.15) is 0 Å². The minimum atomic E-state index is -2.27. The molecular formula is C9H26O3Si2. The van der Waals surface area contributed by atoms with Crippen LogP contribution in [0.2, 0.25) is 6.04 Å². The van der Waals surface area contributed by atoms with E-state index in [1.165, 1.54) is 19.3 Å². The Labute approximate surface area is 93.5 Å². The Morgan fingerprint density at radius 2 is 1.36 bits per heavy atom. The summed E-state index contributed by atoms with van der Waals surface area (Å²) >= 11 is 0. The fourth-order valence-electron chi connectivity index (χ4n) is 1.32. The maximum absolute atomic E-state index is 5.31. The predicted octanol–water partition coefficient (Wildman–Crippen LogP) is 0.993. The van der Waals surface area contributed by atoms with Crippen molar-refractivity contribution in [3.8, 4) is 0 Å². The minimum absolute atomic E-state index is 0. The Hall–Kier alpha value is 0.314. The van der Waals surface area contributed by atoms with Crippen molar-refractivity contribution in [1.29, 1.82) is 0 Å². The van der Waals surface area contributed by atoms with E-state index >= 15 is 0 Å². The van der Waals surface area contributed by atoms with Gasteiger partial charge in [0.25, 0.3) is 0 Å². The number of unbranched alkanes of at least 4 members (excludes halogenated alkanes) is 3. The van der Waals surface area contributed by atoms with Crippen LogP contribution >= 0.6 is 0 Å². The van der Waals surface area contributed by atoms with Crippen molar-refractivity contribution in [2.24, 2.45) is 0 Å². The van der Waals surface area contributed by atoms with Crippen molar-refractivity contribution < 1.29 is 13.3 Å². The Morgan fingerprint density at radius 3 is 1.71 bits per heavy atom. The van der Waals surface area contributed by atoms with Gasteiger partial charge in [-0.05, 0) is 17.4 Å². The van der Waals surface area contributed by atoms with Gasteiger partial charge in [-0.3, -0.25) is 0 Å². The molecule has 3 nitrogen and oxygen atoms in total. The van der Waals surface area contributed by atoms with Crippen LogP contribution in [-0.4, -0.2) is 41.1 Å². The van der Waals surface area contributed by atoms with Crippen LogP contribution in [0.1, 0.15) is 32.6 Å². The molecule has 0 aromatic rings. The van der Waals surface area contributed by atoms with Crippen molar-refractivity contribution >= 4 is 19.8 Å². The minimum Gasteiger partial charge on any atom is -0.377 e. The lowest BCUT2D eigenvalue weighted by Gasteiger charge is -2.24. The van der Waals surface area contributed by atoms with Gasteiger partial charge in [0, 0.05) is 27.4 Å². The van der Waals surface area contributed by atoms with Crippen molar-refractivity contribution in [3.05, 3.63) is 0 Å². The molecular weight excluding hydrogens is 212 g/mol. The van der Waals surface area contributed by atoms with Gasteiger partial charge in [-0.25, -0.2) is 0 Å². The zero-order chi connectivity index (χ0) is 10.2. The molecule has 0 aromatic carbocycles. The molecule has 0 saturated heterocycles. The second-order valence-corrected chi connectivity index (χ2v) is 6.20. The number of hydrogen-bond donors (Lipinski definition) is 0. The molecule has 5 heteroatoms. The van der Waals surface area contributed by atoms with Crippen LogP contribution in [0, 0.1) is 0 Å². The lowest BCUT2D eigenvalue weighted by atomic mass is 10.2. The summed E-state index contributed by atoms with van der Waals surface area (Å²) in [6.45, 7) is 2.20. The van der Waals surface area contributed by atoms with Crippen LogP contribution < -0.4 is 0 Å². The van der Waals surface area contributed by atoms with E-state index in [9.17, 15) is 0 Å². The largest absolute Gasteiger partial charge is 0.500 e. The molecule has 0 amide bonds. The van der Waals surface area contributed by atoms with Gasteiger partial charge >= 0.3 is 8.80 Å². The van der Waals surface area contributed by atoms with E-state index in [-0.39, 0.29) is 11.0 Å². The Bertz CT molecular complexity index is 110. The molecule has 0 fully saturated rings. The van der Waals surface area contributed by atoms with Gasteiger partial charge in [0.1, 0.15) is 0 Å². The van der Waals surface area contributed by atoms with E-state index in [1.807, 2.05) is 0 Å². The Kier molecular flexibility index (Phi) is 11.8. The van der Waals surface area contributed by atoms with E-state index in [4.69, 9.17) is 13.3 Å². The third-order valence-electron chi connectivity index (χ3n) is 2.27. The van der Waals surface area contributed by atoms with Crippen LogP contribution in [0.5, 0.6) is 0 Å². The predicted molar refractivity (Wildman–Crippen MR) is 67.1 cm³/mol. The van der Waals surface area contributed by atoms with E-state index in [0.29, 0.717) is 0 Å². The average Bonchev–Trinajstić information content (AvgIpc) is 2.20. The highest BCUT2D eigenvalue weighted by molar-refractivity contribution is 6.60. The zero-order valence-electron chi connectivity index (χ0n) is 9.26. The van der Waals surface area contributed by atoms with Crippen molar-refractivity contribution in [1.82, 2.24) is 0 Å². The van der Waals surface area contributed by atoms with Gasteiger partial charge in [0.15, 0.2) is 0 Å². The first kappa shape index (κ1) is 16.7. The van der Waals surface area contributed by atoms with Crippen molar-refractivity contribution in [2.75, 3.05) is 21.3 Å². The van der Waals surface area contributed by atoms with Gasteiger partial charge in [-0.1, -0.05) is 26.2 Å². The van der Waals surface area contributed by atoms with Gasteiger partial charge < -0.3 is 13.3 Å². The summed E-state index contributed by atoms with van der Waals surface area (Å²) in [4.78, 5) is 0. The standard InChI is InChI=1S/C9H22O3Si.H4Si/c1-5-6-7-8-9-13(10-2,11-3)12-4;/h5-9H2,1-4H3;1H4. The first-order chi connectivity index (χ1) is 6.24. The molecule has 0 aliphatic rings.